The van der Waals surface area contributed by atoms with Gasteiger partial charge in [0.2, 0.25) is 5.91 Å². The monoisotopic (exact) mass is 423 g/mol. The Labute approximate surface area is 175 Å². The normalized spacial score (nSPS) is 16.4. The number of hydrogen-bond acceptors (Lipinski definition) is 6. The summed E-state index contributed by atoms with van der Waals surface area (Å²) in [6.07, 6.45) is 6.96. The SMILES string of the molecule is COC(=O)NC1(C)CC1.Cc1cc(CC(=O)Nc2ccn[nH]2)on1.FC1CCCC1. The van der Waals surface area contributed by atoms with E-state index in [1.165, 1.54) is 7.11 Å². The third-order valence-corrected chi connectivity index (χ3v) is 4.66. The number of amides is 2. The van der Waals surface area contributed by atoms with Crippen LogP contribution in [0.2, 0.25) is 0 Å². The van der Waals surface area contributed by atoms with Crippen LogP contribution in [0.3, 0.4) is 0 Å². The number of aromatic amines is 1. The van der Waals surface area contributed by atoms with Crippen LogP contribution in [0, 0.1) is 6.92 Å². The van der Waals surface area contributed by atoms with Crippen LogP contribution in [0.1, 0.15) is 56.9 Å². The number of anilines is 1. The molecule has 0 aromatic carbocycles. The zero-order valence-corrected chi connectivity index (χ0v) is 17.7. The summed E-state index contributed by atoms with van der Waals surface area (Å²) in [5.74, 6) is 0.941. The highest BCUT2D eigenvalue weighted by Gasteiger charge is 2.38. The number of alkyl halides is 1. The number of carbonyl (C=O) groups is 2. The first-order valence-corrected chi connectivity index (χ1v) is 10.0. The van der Waals surface area contributed by atoms with Gasteiger partial charge in [0.05, 0.1) is 25.4 Å². The van der Waals surface area contributed by atoms with Gasteiger partial charge in [0, 0.05) is 17.7 Å². The molecule has 2 amide bonds. The highest BCUT2D eigenvalue weighted by Crippen LogP contribution is 2.34. The van der Waals surface area contributed by atoms with Gasteiger partial charge in [-0.1, -0.05) is 18.0 Å². The van der Waals surface area contributed by atoms with Gasteiger partial charge in [0.1, 0.15) is 17.7 Å². The molecular weight excluding hydrogens is 393 g/mol. The number of aryl methyl sites for hydroxylation is 1. The summed E-state index contributed by atoms with van der Waals surface area (Å²) in [5, 5.41) is 15.4. The van der Waals surface area contributed by atoms with Crippen molar-refractivity contribution in [3.05, 3.63) is 29.8 Å². The number of halogens is 1. The molecule has 9 nitrogen and oxygen atoms in total. The zero-order chi connectivity index (χ0) is 22.0. The minimum atomic E-state index is -0.454. The van der Waals surface area contributed by atoms with Crippen molar-refractivity contribution in [1.29, 1.82) is 0 Å². The lowest BCUT2D eigenvalue weighted by Crippen LogP contribution is -2.33. The quantitative estimate of drug-likeness (QED) is 0.689. The zero-order valence-electron chi connectivity index (χ0n) is 17.7. The van der Waals surface area contributed by atoms with Gasteiger partial charge in [-0.05, 0) is 39.5 Å². The molecular formula is C20H30FN5O4. The second-order valence-corrected chi connectivity index (χ2v) is 7.69. The van der Waals surface area contributed by atoms with Crippen molar-refractivity contribution in [1.82, 2.24) is 20.7 Å². The van der Waals surface area contributed by atoms with Crippen molar-refractivity contribution in [3.8, 4) is 0 Å². The highest BCUT2D eigenvalue weighted by atomic mass is 19.1. The largest absolute Gasteiger partial charge is 0.453 e. The molecule has 2 fully saturated rings. The van der Waals surface area contributed by atoms with E-state index in [1.54, 1.807) is 25.3 Å². The van der Waals surface area contributed by atoms with Crippen LogP contribution in [0.25, 0.3) is 0 Å². The minimum absolute atomic E-state index is 0.0487. The van der Waals surface area contributed by atoms with Gasteiger partial charge < -0.3 is 19.9 Å². The Morgan fingerprint density at radius 3 is 2.50 bits per heavy atom. The first-order chi connectivity index (χ1) is 14.3. The first kappa shape index (κ1) is 23.4. The molecule has 2 aliphatic carbocycles. The summed E-state index contributed by atoms with van der Waals surface area (Å²) >= 11 is 0. The second kappa shape index (κ2) is 11.3. The van der Waals surface area contributed by atoms with E-state index in [0.29, 0.717) is 11.6 Å². The van der Waals surface area contributed by atoms with E-state index < -0.39 is 6.17 Å². The maximum atomic E-state index is 11.9. The minimum Gasteiger partial charge on any atom is -0.453 e. The Bertz CT molecular complexity index is 783. The molecule has 0 saturated heterocycles. The average Bonchev–Trinajstić information content (AvgIpc) is 3.16. The Morgan fingerprint density at radius 1 is 1.37 bits per heavy atom. The van der Waals surface area contributed by atoms with E-state index >= 15 is 0 Å². The predicted molar refractivity (Wildman–Crippen MR) is 109 cm³/mol. The van der Waals surface area contributed by atoms with E-state index in [0.717, 1.165) is 44.2 Å². The van der Waals surface area contributed by atoms with Gasteiger partial charge in [-0.15, -0.1) is 0 Å². The number of nitrogens with zero attached hydrogens (tertiary/aromatic N) is 2. The first-order valence-electron chi connectivity index (χ1n) is 10.0. The molecule has 2 aromatic rings. The standard InChI is InChI=1S/C9H10N4O2.C6H11NO2.C5H9F/c1-6-4-7(15-13-6)5-9(14)11-8-2-3-10-12-8;1-6(3-4-6)7-5(8)9-2;6-5-3-1-2-4-5/h2-4H,5H2,1H3,(H2,10,11,12,14);3-4H2,1-2H3,(H,7,8);5H,1-4H2. The molecule has 3 N–H and O–H groups in total. The van der Waals surface area contributed by atoms with Crippen molar-refractivity contribution in [3.63, 3.8) is 0 Å². The number of rotatable bonds is 4. The summed E-state index contributed by atoms with van der Waals surface area (Å²) < 4.78 is 21.3. The topological polar surface area (TPSA) is 122 Å². The molecule has 0 aliphatic heterocycles. The third-order valence-electron chi connectivity index (χ3n) is 4.66. The molecule has 0 unspecified atom stereocenters. The molecule has 0 atom stereocenters. The number of alkyl carbamates (subject to hydrolysis) is 1. The van der Waals surface area contributed by atoms with Crippen molar-refractivity contribution in [2.75, 3.05) is 12.4 Å². The van der Waals surface area contributed by atoms with Crippen molar-refractivity contribution < 1.29 is 23.2 Å². The number of methoxy groups -OCH3 is 1. The van der Waals surface area contributed by atoms with Gasteiger partial charge in [0.25, 0.3) is 0 Å². The van der Waals surface area contributed by atoms with Crippen molar-refractivity contribution in [2.45, 2.75) is 70.5 Å². The summed E-state index contributed by atoms with van der Waals surface area (Å²) in [6.45, 7) is 3.81. The van der Waals surface area contributed by atoms with Crippen LogP contribution in [0.4, 0.5) is 15.0 Å². The molecule has 4 rings (SSSR count). The van der Waals surface area contributed by atoms with Crippen molar-refractivity contribution in [2.24, 2.45) is 0 Å². The molecule has 0 spiro atoms. The fraction of sp³-hybridized carbons (Fsp3) is 0.600. The Balaban J connectivity index is 0.000000180. The Morgan fingerprint density at radius 2 is 2.07 bits per heavy atom. The number of ether oxygens (including phenoxy) is 1. The fourth-order valence-corrected chi connectivity index (χ4v) is 2.66. The van der Waals surface area contributed by atoms with Gasteiger partial charge in [-0.25, -0.2) is 9.18 Å². The van der Waals surface area contributed by atoms with Gasteiger partial charge in [-0.3, -0.25) is 9.89 Å². The summed E-state index contributed by atoms with van der Waals surface area (Å²) in [7, 11) is 1.38. The van der Waals surface area contributed by atoms with E-state index in [2.05, 4.69) is 30.7 Å². The van der Waals surface area contributed by atoms with Crippen LogP contribution in [0.5, 0.6) is 0 Å². The smallest absolute Gasteiger partial charge is 0.407 e. The van der Waals surface area contributed by atoms with E-state index in [1.807, 2.05) is 6.92 Å². The molecule has 2 aliphatic rings. The lowest BCUT2D eigenvalue weighted by Gasteiger charge is -2.08. The summed E-state index contributed by atoms with van der Waals surface area (Å²) in [4.78, 5) is 22.0. The fourth-order valence-electron chi connectivity index (χ4n) is 2.66. The molecule has 2 heterocycles. The van der Waals surface area contributed by atoms with Crippen LogP contribution in [0.15, 0.2) is 22.9 Å². The lowest BCUT2D eigenvalue weighted by atomic mass is 10.3. The van der Waals surface area contributed by atoms with Crippen LogP contribution in [-0.4, -0.2) is 46.2 Å². The van der Waals surface area contributed by atoms with Gasteiger partial charge in [0.15, 0.2) is 0 Å². The number of aromatic nitrogens is 3. The van der Waals surface area contributed by atoms with Crippen LogP contribution in [-0.2, 0) is 16.0 Å². The third kappa shape index (κ3) is 9.06. The average molecular weight is 423 g/mol. The van der Waals surface area contributed by atoms with Gasteiger partial charge in [-0.2, -0.15) is 5.10 Å². The van der Waals surface area contributed by atoms with E-state index in [9.17, 15) is 14.0 Å². The predicted octanol–water partition coefficient (Wildman–Crippen LogP) is 3.68. The summed E-state index contributed by atoms with van der Waals surface area (Å²) in [5.41, 5.74) is 0.812. The van der Waals surface area contributed by atoms with Crippen LogP contribution < -0.4 is 10.6 Å². The van der Waals surface area contributed by atoms with Crippen LogP contribution >= 0.6 is 0 Å². The van der Waals surface area contributed by atoms with E-state index in [4.69, 9.17) is 4.52 Å². The number of hydrogen-bond donors (Lipinski definition) is 3. The molecule has 0 bridgehead atoms. The maximum Gasteiger partial charge on any atom is 0.407 e. The second-order valence-electron chi connectivity index (χ2n) is 7.69. The summed E-state index contributed by atoms with van der Waals surface area (Å²) in [6, 6.07) is 3.40. The number of nitrogens with one attached hydrogen (secondary N) is 3. The molecule has 2 aromatic heterocycles. The molecule has 2 saturated carbocycles. The maximum absolute atomic E-state index is 11.9. The Kier molecular flexibility index (Phi) is 8.82. The molecule has 166 valence electrons. The number of carbonyl (C=O) groups excluding carboxylic acids is 2. The lowest BCUT2D eigenvalue weighted by molar-refractivity contribution is -0.115. The Hall–Kier alpha value is -2.91. The molecule has 10 heteroatoms. The molecule has 30 heavy (non-hydrogen) atoms. The van der Waals surface area contributed by atoms with E-state index in [-0.39, 0.29) is 24.0 Å². The highest BCUT2D eigenvalue weighted by molar-refractivity contribution is 5.90. The number of H-pyrrole nitrogens is 1. The van der Waals surface area contributed by atoms with Crippen molar-refractivity contribution >= 4 is 17.8 Å². The van der Waals surface area contributed by atoms with Gasteiger partial charge >= 0.3 is 6.09 Å². The molecule has 0 radical (unpaired) electrons.